The van der Waals surface area contributed by atoms with Crippen molar-refractivity contribution in [3.05, 3.63) is 0 Å². The van der Waals surface area contributed by atoms with E-state index < -0.39 is 15.6 Å². The van der Waals surface area contributed by atoms with Gasteiger partial charge < -0.3 is 16.0 Å². The van der Waals surface area contributed by atoms with E-state index in [2.05, 4.69) is 10.2 Å². The molecular formula is C12H26N4O3S. The summed E-state index contributed by atoms with van der Waals surface area (Å²) in [5.41, 5.74) is 4.74. The number of likely N-dealkylation sites (N-methyl/N-ethyl adjacent to an activating group) is 1. The van der Waals surface area contributed by atoms with Crippen molar-refractivity contribution in [3.8, 4) is 0 Å². The Morgan fingerprint density at radius 3 is 2.25 bits per heavy atom. The molecule has 0 aromatic heterocycles. The van der Waals surface area contributed by atoms with E-state index >= 15 is 0 Å². The molecule has 0 radical (unpaired) electrons. The van der Waals surface area contributed by atoms with E-state index in [0.29, 0.717) is 39.1 Å². The van der Waals surface area contributed by atoms with Crippen LogP contribution in [0.4, 0.5) is 0 Å². The lowest BCUT2D eigenvalue weighted by atomic mass is 9.96. The van der Waals surface area contributed by atoms with E-state index in [4.69, 9.17) is 5.73 Å². The molecule has 0 aromatic rings. The van der Waals surface area contributed by atoms with Crippen LogP contribution in [0.15, 0.2) is 0 Å². The first-order valence-corrected chi connectivity index (χ1v) is 8.76. The lowest BCUT2D eigenvalue weighted by Crippen LogP contribution is -2.56. The number of primary amides is 1. The average molecular weight is 306 g/mol. The number of rotatable bonds is 7. The molecule has 1 fully saturated rings. The summed E-state index contributed by atoms with van der Waals surface area (Å²) in [4.78, 5) is 13.7. The largest absolute Gasteiger partial charge is 0.368 e. The van der Waals surface area contributed by atoms with Crippen LogP contribution in [0.5, 0.6) is 0 Å². The first-order valence-electron chi connectivity index (χ1n) is 6.91. The summed E-state index contributed by atoms with van der Waals surface area (Å²) in [7, 11) is -3.09. The fraction of sp³-hybridized carbons (Fsp3) is 0.917. The van der Waals surface area contributed by atoms with Crippen LogP contribution in [0.1, 0.15) is 20.3 Å². The normalized spacial score (nSPS) is 21.6. The van der Waals surface area contributed by atoms with Crippen LogP contribution in [0.2, 0.25) is 0 Å². The molecule has 1 rings (SSSR count). The molecule has 0 saturated carbocycles. The van der Waals surface area contributed by atoms with Gasteiger partial charge in [-0.15, -0.1) is 0 Å². The molecule has 1 amide bonds. The van der Waals surface area contributed by atoms with Gasteiger partial charge in [-0.1, -0.05) is 6.92 Å². The Hall–Kier alpha value is -0.700. The third-order valence-corrected chi connectivity index (χ3v) is 5.14. The minimum Gasteiger partial charge on any atom is -0.368 e. The number of carbonyl (C=O) groups is 1. The number of amides is 1. The first kappa shape index (κ1) is 17.4. The highest BCUT2D eigenvalue weighted by Crippen LogP contribution is 2.12. The number of hydrogen-bond acceptors (Lipinski definition) is 5. The van der Waals surface area contributed by atoms with Gasteiger partial charge in [0, 0.05) is 32.7 Å². The molecule has 1 aliphatic heterocycles. The Balaban J connectivity index is 2.46. The molecule has 0 spiro atoms. The van der Waals surface area contributed by atoms with Crippen molar-refractivity contribution in [1.29, 1.82) is 0 Å². The summed E-state index contributed by atoms with van der Waals surface area (Å²) >= 11 is 0. The minimum atomic E-state index is -3.09. The van der Waals surface area contributed by atoms with Gasteiger partial charge in [-0.25, -0.2) is 8.42 Å². The maximum Gasteiger partial charge on any atom is 0.237 e. The number of nitrogens with one attached hydrogen (secondary N) is 1. The van der Waals surface area contributed by atoms with E-state index in [1.54, 1.807) is 0 Å². The van der Waals surface area contributed by atoms with Crippen molar-refractivity contribution in [2.45, 2.75) is 25.8 Å². The highest BCUT2D eigenvalue weighted by Gasteiger charge is 2.31. The van der Waals surface area contributed by atoms with Crippen molar-refractivity contribution < 1.29 is 13.2 Å². The summed E-state index contributed by atoms with van der Waals surface area (Å²) in [5, 5.41) is 3.12. The zero-order valence-corrected chi connectivity index (χ0v) is 13.4. The molecule has 7 nitrogen and oxygen atoms in total. The second kappa shape index (κ2) is 6.84. The molecule has 8 heteroatoms. The Labute approximate surface area is 121 Å². The first-order chi connectivity index (χ1) is 9.19. The van der Waals surface area contributed by atoms with Crippen molar-refractivity contribution in [2.75, 3.05) is 45.5 Å². The minimum absolute atomic E-state index is 0.353. The molecule has 1 atom stereocenters. The number of hydrogen-bond donors (Lipinski definition) is 2. The molecule has 0 aromatic carbocycles. The summed E-state index contributed by atoms with van der Waals surface area (Å²) in [5.74, 6) is -0.353. The van der Waals surface area contributed by atoms with Crippen LogP contribution in [0.25, 0.3) is 0 Å². The number of sulfonamides is 1. The van der Waals surface area contributed by atoms with Crippen molar-refractivity contribution >= 4 is 15.9 Å². The van der Waals surface area contributed by atoms with Crippen molar-refractivity contribution in [2.24, 2.45) is 5.73 Å². The van der Waals surface area contributed by atoms with Gasteiger partial charge in [-0.3, -0.25) is 4.79 Å². The molecule has 1 aliphatic rings. The Kier molecular flexibility index (Phi) is 5.93. The maximum absolute atomic E-state index is 11.5. The van der Waals surface area contributed by atoms with Crippen LogP contribution < -0.4 is 11.1 Å². The highest BCUT2D eigenvalue weighted by atomic mass is 32.2. The summed E-state index contributed by atoms with van der Waals surface area (Å²) in [6, 6.07) is 0. The van der Waals surface area contributed by atoms with Crippen LogP contribution in [-0.4, -0.2) is 74.6 Å². The van der Waals surface area contributed by atoms with Gasteiger partial charge in [0.15, 0.2) is 0 Å². The van der Waals surface area contributed by atoms with Gasteiger partial charge in [0.1, 0.15) is 0 Å². The molecule has 20 heavy (non-hydrogen) atoms. The zero-order chi connectivity index (χ0) is 15.4. The van der Waals surface area contributed by atoms with E-state index in [9.17, 15) is 13.2 Å². The molecule has 3 N–H and O–H groups in total. The molecule has 1 saturated heterocycles. The number of piperazine rings is 1. The summed E-state index contributed by atoms with van der Waals surface area (Å²) in [6.07, 6.45) is 1.85. The quantitative estimate of drug-likeness (QED) is 0.616. The monoisotopic (exact) mass is 306 g/mol. The Morgan fingerprint density at radius 1 is 1.30 bits per heavy atom. The molecule has 1 unspecified atom stereocenters. The SMILES string of the molecule is CCNC(C)(CCN1CCN(S(C)(=O)=O)CC1)C(N)=O. The lowest BCUT2D eigenvalue weighted by molar-refractivity contribution is -0.124. The van der Waals surface area contributed by atoms with Crippen LogP contribution >= 0.6 is 0 Å². The topological polar surface area (TPSA) is 95.7 Å². The van der Waals surface area contributed by atoms with Gasteiger partial charge in [-0.2, -0.15) is 4.31 Å². The predicted octanol–water partition coefficient (Wildman–Crippen LogP) is -1.19. The highest BCUT2D eigenvalue weighted by molar-refractivity contribution is 7.88. The van der Waals surface area contributed by atoms with Gasteiger partial charge in [0.25, 0.3) is 0 Å². The summed E-state index contributed by atoms with van der Waals surface area (Å²) in [6.45, 7) is 7.55. The second-order valence-corrected chi connectivity index (χ2v) is 7.46. The predicted molar refractivity (Wildman–Crippen MR) is 78.7 cm³/mol. The Morgan fingerprint density at radius 2 is 1.85 bits per heavy atom. The second-order valence-electron chi connectivity index (χ2n) is 5.48. The van der Waals surface area contributed by atoms with Gasteiger partial charge in [0.2, 0.25) is 15.9 Å². The third kappa shape index (κ3) is 4.69. The molecular weight excluding hydrogens is 280 g/mol. The van der Waals surface area contributed by atoms with E-state index in [0.717, 1.165) is 6.54 Å². The van der Waals surface area contributed by atoms with E-state index in [1.165, 1.54) is 10.6 Å². The third-order valence-electron chi connectivity index (χ3n) is 3.84. The van der Waals surface area contributed by atoms with Crippen LogP contribution in [0, 0.1) is 0 Å². The standard InChI is InChI=1S/C12H26N4O3S/c1-4-14-12(2,11(13)17)5-6-15-7-9-16(10-8-15)20(3,18)19/h14H,4-10H2,1-3H3,(H2,13,17). The smallest absolute Gasteiger partial charge is 0.237 e. The summed E-state index contributed by atoms with van der Waals surface area (Å²) < 4.78 is 24.3. The molecule has 1 heterocycles. The van der Waals surface area contributed by atoms with E-state index in [-0.39, 0.29) is 5.91 Å². The van der Waals surface area contributed by atoms with Gasteiger partial charge in [0.05, 0.1) is 11.8 Å². The van der Waals surface area contributed by atoms with Gasteiger partial charge >= 0.3 is 0 Å². The zero-order valence-electron chi connectivity index (χ0n) is 12.6. The van der Waals surface area contributed by atoms with Crippen molar-refractivity contribution in [1.82, 2.24) is 14.5 Å². The maximum atomic E-state index is 11.5. The van der Waals surface area contributed by atoms with E-state index in [1.807, 2.05) is 13.8 Å². The number of nitrogens with two attached hydrogens (primary N) is 1. The van der Waals surface area contributed by atoms with Crippen molar-refractivity contribution in [3.63, 3.8) is 0 Å². The number of nitrogens with zero attached hydrogens (tertiary/aromatic N) is 2. The fourth-order valence-electron chi connectivity index (χ4n) is 2.36. The Bertz CT molecular complexity index is 432. The lowest BCUT2D eigenvalue weighted by Gasteiger charge is -2.35. The van der Waals surface area contributed by atoms with Gasteiger partial charge in [-0.05, 0) is 19.9 Å². The molecule has 0 bridgehead atoms. The van der Waals surface area contributed by atoms with Crippen LogP contribution in [-0.2, 0) is 14.8 Å². The van der Waals surface area contributed by atoms with Crippen LogP contribution in [0.3, 0.4) is 0 Å². The molecule has 0 aliphatic carbocycles. The number of carbonyl (C=O) groups excluding carboxylic acids is 1. The molecule has 118 valence electrons. The fourth-order valence-corrected chi connectivity index (χ4v) is 3.18. The average Bonchev–Trinajstić information content (AvgIpc) is 2.36.